The molecular formula is C21H25N4OS2+. The van der Waals surface area contributed by atoms with Gasteiger partial charge in [-0.05, 0) is 36.0 Å². The number of thiocarbonyl (C=S) groups is 1. The minimum absolute atomic E-state index is 0.00752. The average molecular weight is 414 g/mol. The molecule has 0 radical (unpaired) electrons. The van der Waals surface area contributed by atoms with E-state index in [0.29, 0.717) is 6.54 Å². The maximum Gasteiger partial charge on any atom is 0.260 e. The Morgan fingerprint density at radius 2 is 1.89 bits per heavy atom. The number of pyridine rings is 1. The monoisotopic (exact) mass is 413 g/mol. The predicted molar refractivity (Wildman–Crippen MR) is 118 cm³/mol. The summed E-state index contributed by atoms with van der Waals surface area (Å²) < 4.78 is -0.00752. The molecule has 0 spiro atoms. The lowest BCUT2D eigenvalue weighted by Gasteiger charge is -2.42. The molecule has 2 heterocycles. The number of aliphatic imine (C=N–C) groups is 1. The van der Waals surface area contributed by atoms with Gasteiger partial charge in [0, 0.05) is 23.9 Å². The number of hydrogen-bond acceptors (Lipinski definition) is 5. The Balaban J connectivity index is 2.18. The molecule has 1 aromatic heterocycles. The third-order valence-electron chi connectivity index (χ3n) is 4.86. The van der Waals surface area contributed by atoms with Crippen LogP contribution in [-0.4, -0.2) is 31.6 Å². The summed E-state index contributed by atoms with van der Waals surface area (Å²) >= 11 is 6.86. The Morgan fingerprint density at radius 3 is 2.46 bits per heavy atom. The van der Waals surface area contributed by atoms with Crippen LogP contribution in [0.3, 0.4) is 0 Å². The zero-order chi connectivity index (χ0) is 20.4. The number of nitrogens with two attached hydrogens (primary N) is 1. The van der Waals surface area contributed by atoms with Crippen molar-refractivity contribution in [1.82, 2.24) is 4.98 Å². The number of benzene rings is 1. The highest BCUT2D eigenvalue weighted by molar-refractivity contribution is 8.02. The van der Waals surface area contributed by atoms with Crippen LogP contribution in [0.5, 0.6) is 0 Å². The number of hydrogen-bond donors (Lipinski definition) is 2. The van der Waals surface area contributed by atoms with Gasteiger partial charge in [0.15, 0.2) is 11.3 Å². The molecule has 0 aliphatic carbocycles. The first-order valence-electron chi connectivity index (χ1n) is 9.11. The van der Waals surface area contributed by atoms with Gasteiger partial charge in [-0.15, -0.1) is 0 Å². The van der Waals surface area contributed by atoms with Gasteiger partial charge in [0.2, 0.25) is 5.03 Å². The molecule has 3 rings (SSSR count). The molecule has 1 aliphatic rings. The SMILES string of the molecule is CC(C)C1=C(Sc2ccccc2)[N+](Cc2ccccn2)(C(C)(O)C(N)=S)C=N1. The second kappa shape index (κ2) is 8.13. The smallest absolute Gasteiger partial charge is 0.260 e. The minimum Gasteiger partial charge on any atom is -0.386 e. The van der Waals surface area contributed by atoms with E-state index in [1.54, 1.807) is 31.2 Å². The standard InChI is InChI=1S/C21H24N4OS2/c1-15(2)18-19(28-17-10-5-4-6-11-17)25(14-24-18,21(3,26)20(22)27)13-16-9-7-8-12-23-16/h4-12,14-15,26H,13H2,1-3H3,(H-,22,27)/p+1. The zero-order valence-electron chi connectivity index (χ0n) is 16.2. The van der Waals surface area contributed by atoms with E-state index in [0.717, 1.165) is 21.3 Å². The molecule has 2 atom stereocenters. The Morgan fingerprint density at radius 1 is 1.21 bits per heavy atom. The van der Waals surface area contributed by atoms with Gasteiger partial charge >= 0.3 is 0 Å². The lowest BCUT2D eigenvalue weighted by molar-refractivity contribution is -0.869. The summed E-state index contributed by atoms with van der Waals surface area (Å²) in [5.74, 6) is 0.174. The number of aliphatic hydroxyl groups is 1. The Bertz CT molecular complexity index is 911. The van der Waals surface area contributed by atoms with Crippen LogP contribution < -0.4 is 5.73 Å². The molecule has 7 heteroatoms. The summed E-state index contributed by atoms with van der Waals surface area (Å²) in [7, 11) is 0. The molecule has 3 N–H and O–H groups in total. The first-order valence-corrected chi connectivity index (χ1v) is 10.3. The van der Waals surface area contributed by atoms with Crippen LogP contribution in [-0.2, 0) is 6.54 Å². The molecule has 0 amide bonds. The van der Waals surface area contributed by atoms with Crippen molar-refractivity contribution in [3.8, 4) is 0 Å². The fourth-order valence-electron chi connectivity index (χ4n) is 3.12. The number of allylic oxidation sites excluding steroid dienone is 1. The van der Waals surface area contributed by atoms with Gasteiger partial charge in [-0.25, -0.2) is 9.48 Å². The normalized spacial score (nSPS) is 21.2. The highest BCUT2D eigenvalue weighted by Gasteiger charge is 2.55. The fraction of sp³-hybridized carbons (Fsp3) is 0.286. The number of nitrogens with zero attached hydrogens (tertiary/aromatic N) is 3. The average Bonchev–Trinajstić information content (AvgIpc) is 3.03. The van der Waals surface area contributed by atoms with Crippen LogP contribution in [0.1, 0.15) is 26.5 Å². The zero-order valence-corrected chi connectivity index (χ0v) is 17.9. The lowest BCUT2D eigenvalue weighted by atomic mass is 10.1. The molecular weight excluding hydrogens is 388 g/mol. The van der Waals surface area contributed by atoms with E-state index in [9.17, 15) is 5.11 Å². The van der Waals surface area contributed by atoms with Crippen molar-refractivity contribution in [1.29, 1.82) is 0 Å². The van der Waals surface area contributed by atoms with Crippen LogP contribution in [0.2, 0.25) is 0 Å². The minimum atomic E-state index is -1.52. The number of quaternary nitrogens is 1. The summed E-state index contributed by atoms with van der Waals surface area (Å²) in [4.78, 5) is 10.3. The second-order valence-electron chi connectivity index (χ2n) is 7.24. The predicted octanol–water partition coefficient (Wildman–Crippen LogP) is 4.05. The quantitative estimate of drug-likeness (QED) is 0.529. The van der Waals surface area contributed by atoms with Crippen LogP contribution in [0.4, 0.5) is 0 Å². The maximum absolute atomic E-state index is 11.5. The third-order valence-corrected chi connectivity index (χ3v) is 6.48. The summed E-state index contributed by atoms with van der Waals surface area (Å²) in [5, 5.41) is 12.4. The van der Waals surface area contributed by atoms with Crippen molar-refractivity contribution in [2.24, 2.45) is 16.6 Å². The van der Waals surface area contributed by atoms with Crippen LogP contribution >= 0.6 is 24.0 Å². The molecule has 0 saturated heterocycles. The molecule has 1 aromatic carbocycles. The highest BCUT2D eigenvalue weighted by atomic mass is 32.2. The highest BCUT2D eigenvalue weighted by Crippen LogP contribution is 2.46. The van der Waals surface area contributed by atoms with Gasteiger partial charge in [0.1, 0.15) is 12.2 Å². The van der Waals surface area contributed by atoms with Crippen molar-refractivity contribution in [3.05, 3.63) is 71.1 Å². The van der Waals surface area contributed by atoms with E-state index in [1.807, 2.05) is 48.5 Å². The van der Waals surface area contributed by atoms with E-state index in [1.165, 1.54) is 0 Å². The maximum atomic E-state index is 11.5. The van der Waals surface area contributed by atoms with Crippen LogP contribution in [0, 0.1) is 5.92 Å². The summed E-state index contributed by atoms with van der Waals surface area (Å²) in [6.45, 7) is 6.22. The van der Waals surface area contributed by atoms with Crippen molar-refractivity contribution >= 4 is 35.3 Å². The summed E-state index contributed by atoms with van der Waals surface area (Å²) in [5.41, 5.74) is 6.23. The van der Waals surface area contributed by atoms with E-state index in [2.05, 4.69) is 18.8 Å². The first kappa shape index (κ1) is 20.7. The van der Waals surface area contributed by atoms with E-state index >= 15 is 0 Å². The first-order chi connectivity index (χ1) is 13.3. The molecule has 5 nitrogen and oxygen atoms in total. The Hall–Kier alpha value is -2.06. The molecule has 28 heavy (non-hydrogen) atoms. The van der Waals surface area contributed by atoms with Gasteiger partial charge in [0.05, 0.1) is 5.69 Å². The Labute approximate surface area is 175 Å². The summed E-state index contributed by atoms with van der Waals surface area (Å²) in [6.07, 6.45) is 3.50. The van der Waals surface area contributed by atoms with Crippen molar-refractivity contribution < 1.29 is 9.59 Å². The Kier molecular flexibility index (Phi) is 6.00. The van der Waals surface area contributed by atoms with Crippen LogP contribution in [0.25, 0.3) is 0 Å². The van der Waals surface area contributed by atoms with E-state index < -0.39 is 5.72 Å². The van der Waals surface area contributed by atoms with Gasteiger partial charge in [-0.2, -0.15) is 0 Å². The van der Waals surface area contributed by atoms with Gasteiger partial charge < -0.3 is 10.8 Å². The molecule has 1 aliphatic heterocycles. The third kappa shape index (κ3) is 3.75. The number of thioether (sulfide) groups is 1. The molecule has 146 valence electrons. The molecule has 2 unspecified atom stereocenters. The largest absolute Gasteiger partial charge is 0.386 e. The molecule has 0 saturated carbocycles. The van der Waals surface area contributed by atoms with Gasteiger partial charge in [-0.1, -0.05) is 50.3 Å². The van der Waals surface area contributed by atoms with E-state index in [4.69, 9.17) is 22.9 Å². The van der Waals surface area contributed by atoms with Crippen molar-refractivity contribution in [2.45, 2.75) is 37.9 Å². The molecule has 0 bridgehead atoms. The topological polar surface area (TPSA) is 71.5 Å². The van der Waals surface area contributed by atoms with Crippen molar-refractivity contribution in [3.63, 3.8) is 0 Å². The number of rotatable bonds is 7. The van der Waals surface area contributed by atoms with Gasteiger partial charge in [0.25, 0.3) is 5.72 Å². The fourth-order valence-corrected chi connectivity index (χ4v) is 4.65. The van der Waals surface area contributed by atoms with Crippen LogP contribution in [0.15, 0.2) is 75.3 Å². The summed E-state index contributed by atoms with van der Waals surface area (Å²) in [6, 6.07) is 15.8. The number of aromatic nitrogens is 1. The second-order valence-corrected chi connectivity index (χ2v) is 8.74. The lowest BCUT2D eigenvalue weighted by Crippen LogP contribution is -2.65. The van der Waals surface area contributed by atoms with Crippen molar-refractivity contribution in [2.75, 3.05) is 0 Å². The van der Waals surface area contributed by atoms with E-state index in [-0.39, 0.29) is 15.4 Å². The molecule has 0 fully saturated rings. The molecule has 2 aromatic rings. The van der Waals surface area contributed by atoms with Gasteiger partial charge in [-0.3, -0.25) is 4.98 Å².